The van der Waals surface area contributed by atoms with Crippen molar-refractivity contribution < 1.29 is 30.4 Å². The summed E-state index contributed by atoms with van der Waals surface area (Å²) in [4.78, 5) is 11.7. The summed E-state index contributed by atoms with van der Waals surface area (Å²) in [6.07, 6.45) is -2.56. The molecule has 0 aliphatic heterocycles. The lowest BCUT2D eigenvalue weighted by Crippen LogP contribution is -2.38. The van der Waals surface area contributed by atoms with Crippen LogP contribution in [0.4, 0.5) is 17.6 Å². The van der Waals surface area contributed by atoms with E-state index >= 15 is 0 Å². The number of imidazole rings is 1. The molecule has 0 atom stereocenters. The molecule has 0 unspecified atom stereocenters. The number of sulfonamides is 1. The fraction of sp³-hybridized carbons (Fsp3) is 0.400. The van der Waals surface area contributed by atoms with Crippen molar-refractivity contribution in [2.45, 2.75) is 29.7 Å². The van der Waals surface area contributed by atoms with E-state index in [1.165, 1.54) is 7.05 Å². The van der Waals surface area contributed by atoms with Gasteiger partial charge < -0.3 is 4.42 Å². The Morgan fingerprint density at radius 2 is 1.97 bits per heavy atom. The zero-order valence-electron chi connectivity index (χ0n) is 14.7. The zero-order valence-corrected chi connectivity index (χ0v) is 15.5. The molecule has 0 spiro atoms. The first kappa shape index (κ1) is 19.6. The zero-order chi connectivity index (χ0) is 21.1. The van der Waals surface area contributed by atoms with Crippen molar-refractivity contribution in [3.05, 3.63) is 34.3 Å². The lowest BCUT2D eigenvalue weighted by Gasteiger charge is -2.14. The Morgan fingerprint density at radius 3 is 2.52 bits per heavy atom. The van der Waals surface area contributed by atoms with Crippen LogP contribution in [0.25, 0.3) is 17.0 Å². The Labute approximate surface area is 160 Å². The molecule has 1 N–H and O–H groups in total. The first-order valence-electron chi connectivity index (χ1n) is 8.21. The van der Waals surface area contributed by atoms with Crippen molar-refractivity contribution in [3.63, 3.8) is 0 Å². The molecule has 1 aliphatic rings. The summed E-state index contributed by atoms with van der Waals surface area (Å²) >= 11 is 0. The van der Waals surface area contributed by atoms with Crippen LogP contribution in [0.15, 0.2) is 26.2 Å². The van der Waals surface area contributed by atoms with Gasteiger partial charge in [-0.05, 0) is 18.9 Å². The van der Waals surface area contributed by atoms with Gasteiger partial charge in [0, 0.05) is 13.1 Å². The number of nitrogens with zero attached hydrogens (tertiary/aromatic N) is 4. The average molecular weight is 435 g/mol. The quantitative estimate of drug-likeness (QED) is 0.589. The van der Waals surface area contributed by atoms with E-state index in [1.807, 2.05) is 0 Å². The van der Waals surface area contributed by atoms with Gasteiger partial charge in [-0.1, -0.05) is 5.10 Å². The van der Waals surface area contributed by atoms with Gasteiger partial charge in [-0.2, -0.15) is 8.78 Å². The molecule has 0 amide bonds. The van der Waals surface area contributed by atoms with Crippen LogP contribution >= 0.6 is 0 Å². The highest BCUT2D eigenvalue weighted by Crippen LogP contribution is 2.37. The SMILES string of the molecule is Cn1c(=O)n(-c2nnc(C(F)F)o2)c2cc(S(=O)(=O)NC3(CF)CC3)c(F)cc21. The van der Waals surface area contributed by atoms with Gasteiger partial charge >= 0.3 is 18.1 Å². The number of aryl methyl sites for hydroxylation is 1. The van der Waals surface area contributed by atoms with Crippen molar-refractivity contribution in [2.24, 2.45) is 7.05 Å². The highest BCUT2D eigenvalue weighted by molar-refractivity contribution is 7.89. The van der Waals surface area contributed by atoms with Gasteiger partial charge in [-0.25, -0.2) is 31.3 Å². The number of hydrogen-bond acceptors (Lipinski definition) is 6. The van der Waals surface area contributed by atoms with Gasteiger partial charge in [0.25, 0.3) is 5.89 Å². The number of hydrogen-bond donors (Lipinski definition) is 1. The first-order valence-corrected chi connectivity index (χ1v) is 9.70. The maximum Gasteiger partial charge on any atom is 0.337 e. The van der Waals surface area contributed by atoms with Crippen LogP contribution in [0.5, 0.6) is 0 Å². The molecule has 4 rings (SSSR count). The Bertz CT molecular complexity index is 1280. The van der Waals surface area contributed by atoms with E-state index in [2.05, 4.69) is 14.9 Å². The second-order valence-electron chi connectivity index (χ2n) is 6.69. The third-order valence-electron chi connectivity index (χ3n) is 4.67. The molecule has 2 aromatic heterocycles. The smallest absolute Gasteiger partial charge is 0.337 e. The normalized spacial score (nSPS) is 16.1. The number of benzene rings is 1. The van der Waals surface area contributed by atoms with Crippen LogP contribution in [0.1, 0.15) is 25.2 Å². The molecule has 0 saturated heterocycles. The fourth-order valence-corrected chi connectivity index (χ4v) is 4.41. The number of alkyl halides is 3. The van der Waals surface area contributed by atoms with Crippen LogP contribution < -0.4 is 10.4 Å². The molecule has 156 valence electrons. The molecule has 14 heteroatoms. The summed E-state index contributed by atoms with van der Waals surface area (Å²) in [7, 11) is -3.21. The second-order valence-corrected chi connectivity index (χ2v) is 8.34. The molecule has 1 aliphatic carbocycles. The molecule has 0 bridgehead atoms. The van der Waals surface area contributed by atoms with E-state index in [9.17, 15) is 30.8 Å². The fourth-order valence-electron chi connectivity index (χ4n) is 2.89. The molecular weight excluding hydrogens is 422 g/mol. The number of rotatable bonds is 6. The highest BCUT2D eigenvalue weighted by Gasteiger charge is 2.47. The van der Waals surface area contributed by atoms with Crippen molar-refractivity contribution in [2.75, 3.05) is 6.67 Å². The molecular formula is C15H13F4N5O4S. The van der Waals surface area contributed by atoms with Gasteiger partial charge in [0.15, 0.2) is 0 Å². The summed E-state index contributed by atoms with van der Waals surface area (Å²) in [5.41, 5.74) is -2.34. The van der Waals surface area contributed by atoms with E-state index in [4.69, 9.17) is 4.42 Å². The standard InChI is InChI=1S/C15H13F4N5O4S/c1-23-8-4-7(17)10(29(26,27)22-15(6-16)2-3-15)5-9(8)24(14(23)25)13-21-20-12(28-13)11(18)19/h4-5,11,22H,2-3,6H2,1H3. The van der Waals surface area contributed by atoms with Crippen LogP contribution in [0.2, 0.25) is 0 Å². The first-order chi connectivity index (χ1) is 13.6. The minimum absolute atomic E-state index is 0.0464. The predicted molar refractivity (Wildman–Crippen MR) is 89.5 cm³/mol. The molecule has 2 heterocycles. The topological polar surface area (TPSA) is 112 Å². The Balaban J connectivity index is 1.91. The molecule has 0 radical (unpaired) electrons. The maximum atomic E-state index is 14.6. The lowest BCUT2D eigenvalue weighted by molar-refractivity contribution is 0.115. The van der Waals surface area contributed by atoms with Gasteiger partial charge in [-0.15, -0.1) is 5.10 Å². The van der Waals surface area contributed by atoms with Gasteiger partial charge in [0.2, 0.25) is 10.0 Å². The number of aromatic nitrogens is 4. The van der Waals surface area contributed by atoms with E-state index in [1.54, 1.807) is 0 Å². The summed E-state index contributed by atoms with van der Waals surface area (Å²) in [5, 5.41) is 6.50. The summed E-state index contributed by atoms with van der Waals surface area (Å²) in [5.74, 6) is -2.22. The van der Waals surface area contributed by atoms with Crippen molar-refractivity contribution >= 4 is 21.1 Å². The van der Waals surface area contributed by atoms with Crippen LogP contribution in [0.3, 0.4) is 0 Å². The Hall–Kier alpha value is -2.74. The molecule has 9 nitrogen and oxygen atoms in total. The Morgan fingerprint density at radius 1 is 1.28 bits per heavy atom. The predicted octanol–water partition coefficient (Wildman–Crippen LogP) is 1.57. The second kappa shape index (κ2) is 6.38. The third-order valence-corrected chi connectivity index (χ3v) is 6.26. The van der Waals surface area contributed by atoms with Gasteiger partial charge in [-0.3, -0.25) is 4.57 Å². The molecule has 1 saturated carbocycles. The monoisotopic (exact) mass is 435 g/mol. The van der Waals surface area contributed by atoms with Crippen molar-refractivity contribution in [1.82, 2.24) is 24.1 Å². The summed E-state index contributed by atoms with van der Waals surface area (Å²) in [6, 6.07) is 0.983. The minimum atomic E-state index is -4.48. The number of fused-ring (bicyclic) bond motifs is 1. The van der Waals surface area contributed by atoms with Gasteiger partial charge in [0.05, 0.1) is 16.6 Å². The molecule has 1 aromatic carbocycles. The largest absolute Gasteiger partial charge is 0.401 e. The third kappa shape index (κ3) is 3.11. The van der Waals surface area contributed by atoms with E-state index in [0.29, 0.717) is 4.57 Å². The molecule has 3 aromatic rings. The average Bonchev–Trinajstić information content (AvgIpc) is 3.16. The van der Waals surface area contributed by atoms with E-state index < -0.39 is 57.0 Å². The molecule has 1 fully saturated rings. The minimum Gasteiger partial charge on any atom is -0.401 e. The van der Waals surface area contributed by atoms with Crippen LogP contribution in [-0.4, -0.2) is 40.0 Å². The number of nitrogens with one attached hydrogen (secondary N) is 1. The highest BCUT2D eigenvalue weighted by atomic mass is 32.2. The van der Waals surface area contributed by atoms with Gasteiger partial charge in [0.1, 0.15) is 17.4 Å². The maximum absolute atomic E-state index is 14.6. The van der Waals surface area contributed by atoms with Crippen LogP contribution in [-0.2, 0) is 17.1 Å². The summed E-state index contributed by atoms with van der Waals surface area (Å²) in [6.45, 7) is -0.954. The van der Waals surface area contributed by atoms with Crippen molar-refractivity contribution in [3.8, 4) is 6.01 Å². The summed E-state index contributed by atoms with van der Waals surface area (Å²) < 4.78 is 86.8. The lowest BCUT2D eigenvalue weighted by atomic mass is 10.3. The van der Waals surface area contributed by atoms with Crippen LogP contribution in [0, 0.1) is 5.82 Å². The van der Waals surface area contributed by atoms with E-state index in [0.717, 1.165) is 16.7 Å². The number of halogens is 4. The van der Waals surface area contributed by atoms with Crippen molar-refractivity contribution in [1.29, 1.82) is 0 Å². The Kier molecular flexibility index (Phi) is 4.31. The molecule has 29 heavy (non-hydrogen) atoms. The van der Waals surface area contributed by atoms with E-state index in [-0.39, 0.29) is 23.9 Å².